The van der Waals surface area contributed by atoms with E-state index in [4.69, 9.17) is 18.6 Å². The van der Waals surface area contributed by atoms with E-state index >= 15 is 0 Å². The second-order valence-corrected chi connectivity index (χ2v) is 8.55. The largest absolute Gasteiger partial charge is 0.484 e. The van der Waals surface area contributed by atoms with Crippen molar-refractivity contribution < 1.29 is 46.8 Å². The summed E-state index contributed by atoms with van der Waals surface area (Å²) in [6.45, 7) is 4.26. The normalized spacial score (nSPS) is 16.9. The number of carboxylic acid groups (broad SMARTS) is 1. The first-order valence-corrected chi connectivity index (χ1v) is 10.5. The summed E-state index contributed by atoms with van der Waals surface area (Å²) in [6.07, 6.45) is -0.557. The Bertz CT molecular complexity index is 1030. The predicted molar refractivity (Wildman–Crippen MR) is 113 cm³/mol. The number of alkyl halides is 2. The SMILES string of the molecule is CC(NC(=O)OC(C)(C)C)c1oc(-c2ccc(OC(F)F)c(OC3CCOC3)c2)nc1C(=O)O. The van der Waals surface area contributed by atoms with Crippen LogP contribution in [0.5, 0.6) is 11.5 Å². The monoisotopic (exact) mass is 484 g/mol. The number of carbonyl (C=O) groups excluding carboxylic acids is 1. The van der Waals surface area contributed by atoms with E-state index in [0.29, 0.717) is 19.6 Å². The number of nitrogens with zero attached hydrogens (tertiary/aromatic N) is 1. The van der Waals surface area contributed by atoms with Gasteiger partial charge in [-0.15, -0.1) is 0 Å². The number of amides is 1. The van der Waals surface area contributed by atoms with Gasteiger partial charge in [-0.1, -0.05) is 0 Å². The average molecular weight is 484 g/mol. The summed E-state index contributed by atoms with van der Waals surface area (Å²) in [5.41, 5.74) is -0.915. The fourth-order valence-electron chi connectivity index (χ4n) is 3.16. The van der Waals surface area contributed by atoms with Crippen LogP contribution in [0.3, 0.4) is 0 Å². The third-order valence-corrected chi connectivity index (χ3v) is 4.57. The number of rotatable bonds is 8. The van der Waals surface area contributed by atoms with Crippen LogP contribution in [-0.2, 0) is 9.47 Å². The Labute approximate surface area is 194 Å². The molecule has 0 aliphatic carbocycles. The topological polar surface area (TPSA) is 129 Å². The number of carbonyl (C=O) groups is 2. The molecule has 0 saturated carbocycles. The van der Waals surface area contributed by atoms with E-state index in [1.807, 2.05) is 0 Å². The van der Waals surface area contributed by atoms with Crippen LogP contribution < -0.4 is 14.8 Å². The second-order valence-electron chi connectivity index (χ2n) is 8.55. The molecule has 10 nitrogen and oxygen atoms in total. The van der Waals surface area contributed by atoms with E-state index in [1.165, 1.54) is 25.1 Å². The lowest BCUT2D eigenvalue weighted by atomic mass is 10.2. The van der Waals surface area contributed by atoms with Gasteiger partial charge in [0.1, 0.15) is 11.7 Å². The quantitative estimate of drug-likeness (QED) is 0.560. The van der Waals surface area contributed by atoms with Gasteiger partial charge in [-0.3, -0.25) is 0 Å². The van der Waals surface area contributed by atoms with Gasteiger partial charge in [0.2, 0.25) is 5.89 Å². The van der Waals surface area contributed by atoms with Gasteiger partial charge in [0.25, 0.3) is 0 Å². The van der Waals surface area contributed by atoms with E-state index in [1.54, 1.807) is 20.8 Å². The molecule has 0 radical (unpaired) electrons. The number of alkyl carbamates (subject to hydrolysis) is 1. The molecule has 1 aromatic heterocycles. The average Bonchev–Trinajstić information content (AvgIpc) is 3.37. The van der Waals surface area contributed by atoms with Crippen LogP contribution >= 0.6 is 0 Å². The number of oxazole rings is 1. The number of aromatic carboxylic acids is 1. The van der Waals surface area contributed by atoms with Crippen LogP contribution in [0.25, 0.3) is 11.5 Å². The highest BCUT2D eigenvalue weighted by Crippen LogP contribution is 2.36. The number of carboxylic acids is 1. The third kappa shape index (κ3) is 6.56. The first kappa shape index (κ1) is 25.2. The van der Waals surface area contributed by atoms with Crippen molar-refractivity contribution in [1.29, 1.82) is 0 Å². The summed E-state index contributed by atoms with van der Waals surface area (Å²) in [4.78, 5) is 27.9. The fraction of sp³-hybridized carbons (Fsp3) is 0.500. The van der Waals surface area contributed by atoms with E-state index in [9.17, 15) is 23.5 Å². The lowest BCUT2D eigenvalue weighted by Crippen LogP contribution is -2.34. The molecule has 186 valence electrons. The van der Waals surface area contributed by atoms with Crippen molar-refractivity contribution in [1.82, 2.24) is 10.3 Å². The molecule has 0 spiro atoms. The summed E-state index contributed by atoms with van der Waals surface area (Å²) in [5.74, 6) is -1.80. The Kier molecular flexibility index (Phi) is 7.60. The minimum Gasteiger partial charge on any atom is -0.484 e. The van der Waals surface area contributed by atoms with Gasteiger partial charge in [-0.25, -0.2) is 14.6 Å². The van der Waals surface area contributed by atoms with Gasteiger partial charge in [-0.05, 0) is 45.9 Å². The first-order chi connectivity index (χ1) is 15.9. The molecule has 2 heterocycles. The third-order valence-electron chi connectivity index (χ3n) is 4.57. The van der Waals surface area contributed by atoms with Gasteiger partial charge in [-0.2, -0.15) is 8.78 Å². The minimum atomic E-state index is -3.07. The Morgan fingerprint density at radius 2 is 2.00 bits per heavy atom. The smallest absolute Gasteiger partial charge is 0.408 e. The number of benzene rings is 1. The summed E-state index contributed by atoms with van der Waals surface area (Å²) in [5, 5.41) is 12.1. The highest BCUT2D eigenvalue weighted by Gasteiger charge is 2.28. The highest BCUT2D eigenvalue weighted by atomic mass is 19.3. The highest BCUT2D eigenvalue weighted by molar-refractivity contribution is 5.87. The maximum Gasteiger partial charge on any atom is 0.408 e. The fourth-order valence-corrected chi connectivity index (χ4v) is 3.16. The van der Waals surface area contributed by atoms with Crippen molar-refractivity contribution in [2.45, 2.75) is 58.5 Å². The first-order valence-electron chi connectivity index (χ1n) is 10.5. The molecule has 2 unspecified atom stereocenters. The number of hydrogen-bond acceptors (Lipinski definition) is 8. The maximum absolute atomic E-state index is 12.8. The number of hydrogen-bond donors (Lipinski definition) is 2. The number of ether oxygens (including phenoxy) is 4. The molecule has 2 N–H and O–H groups in total. The molecule has 1 aliphatic heterocycles. The summed E-state index contributed by atoms with van der Waals surface area (Å²) >= 11 is 0. The summed E-state index contributed by atoms with van der Waals surface area (Å²) in [6, 6.07) is 3.10. The molecule has 12 heteroatoms. The Balaban J connectivity index is 1.91. The lowest BCUT2D eigenvalue weighted by molar-refractivity contribution is -0.0521. The molecular formula is C22H26F2N2O8. The number of aromatic nitrogens is 1. The predicted octanol–water partition coefficient (Wildman–Crippen LogP) is 4.39. The molecule has 2 aromatic rings. The second kappa shape index (κ2) is 10.2. The molecule has 1 amide bonds. The molecule has 0 bridgehead atoms. The van der Waals surface area contributed by atoms with Crippen LogP contribution in [0.1, 0.15) is 56.4 Å². The molecule has 3 rings (SSSR count). The summed E-state index contributed by atoms with van der Waals surface area (Å²) < 4.78 is 52.1. The van der Waals surface area contributed by atoms with E-state index in [2.05, 4.69) is 15.0 Å². The molecule has 1 saturated heterocycles. The number of nitrogens with one attached hydrogen (secondary N) is 1. The Morgan fingerprint density at radius 1 is 1.26 bits per heavy atom. The summed E-state index contributed by atoms with van der Waals surface area (Å²) in [7, 11) is 0. The van der Waals surface area contributed by atoms with Crippen molar-refractivity contribution in [3.05, 3.63) is 29.7 Å². The van der Waals surface area contributed by atoms with Crippen molar-refractivity contribution >= 4 is 12.1 Å². The Hall–Kier alpha value is -3.41. The van der Waals surface area contributed by atoms with Crippen LogP contribution in [0, 0.1) is 0 Å². The van der Waals surface area contributed by atoms with Gasteiger partial charge >= 0.3 is 18.7 Å². The Morgan fingerprint density at radius 3 is 2.59 bits per heavy atom. The molecule has 34 heavy (non-hydrogen) atoms. The molecule has 1 fully saturated rings. The van der Waals surface area contributed by atoms with Crippen LogP contribution in [-0.4, -0.2) is 53.7 Å². The number of halogens is 2. The van der Waals surface area contributed by atoms with E-state index in [-0.39, 0.29) is 34.8 Å². The zero-order valence-corrected chi connectivity index (χ0v) is 19.1. The molecule has 1 aromatic carbocycles. The van der Waals surface area contributed by atoms with Crippen molar-refractivity contribution in [3.63, 3.8) is 0 Å². The van der Waals surface area contributed by atoms with Gasteiger partial charge in [0.05, 0.1) is 19.3 Å². The van der Waals surface area contributed by atoms with Gasteiger partial charge in [0, 0.05) is 12.0 Å². The van der Waals surface area contributed by atoms with Crippen molar-refractivity contribution in [2.24, 2.45) is 0 Å². The maximum atomic E-state index is 12.8. The van der Waals surface area contributed by atoms with E-state index < -0.39 is 36.0 Å². The molecule has 1 aliphatic rings. The standard InChI is InChI=1S/C22H26F2N2O8/c1-11(25-21(29)34-22(2,3)4)17-16(19(27)28)26-18(33-17)12-5-6-14(32-20(23)24)15(9-12)31-13-7-8-30-10-13/h5-6,9,11,13,20H,7-8,10H2,1-4H3,(H,25,29)(H,27,28). The zero-order chi connectivity index (χ0) is 25.0. The van der Waals surface area contributed by atoms with Gasteiger partial charge in [0.15, 0.2) is 23.0 Å². The molecular weight excluding hydrogens is 458 g/mol. The lowest BCUT2D eigenvalue weighted by Gasteiger charge is -2.21. The van der Waals surface area contributed by atoms with Crippen LogP contribution in [0.15, 0.2) is 22.6 Å². The van der Waals surface area contributed by atoms with Gasteiger partial charge < -0.3 is 33.8 Å². The molecule has 2 atom stereocenters. The van der Waals surface area contributed by atoms with E-state index in [0.717, 1.165) is 0 Å². The minimum absolute atomic E-state index is 0.00449. The zero-order valence-electron chi connectivity index (χ0n) is 19.1. The van der Waals surface area contributed by atoms with Crippen molar-refractivity contribution in [3.8, 4) is 23.0 Å². The van der Waals surface area contributed by atoms with Crippen LogP contribution in [0.2, 0.25) is 0 Å². The van der Waals surface area contributed by atoms with Crippen molar-refractivity contribution in [2.75, 3.05) is 13.2 Å². The van der Waals surface area contributed by atoms with Crippen LogP contribution in [0.4, 0.5) is 13.6 Å².